The van der Waals surface area contributed by atoms with Gasteiger partial charge in [-0.15, -0.1) is 0 Å². The quantitative estimate of drug-likeness (QED) is 0.886. The Balaban J connectivity index is 1.51. The molecule has 3 saturated heterocycles. The highest BCUT2D eigenvalue weighted by molar-refractivity contribution is 5.86. The first-order valence-electron chi connectivity index (χ1n) is 9.43. The van der Waals surface area contributed by atoms with Gasteiger partial charge in [0.2, 0.25) is 5.91 Å². The lowest BCUT2D eigenvalue weighted by Crippen LogP contribution is -2.54. The number of amides is 1. The van der Waals surface area contributed by atoms with Crippen LogP contribution in [0, 0.1) is 5.41 Å². The standard InChI is InChI=1S/C19H25N3O4/c23-17(24)15-3-1-4-16(20-15)21-10-8-19(13-21)7-2-9-22(18(19)25)14-5-11-26-12-6-14/h1,3-4,14H,2,5-13H2,(H,23,24)/t19-/m0/s1. The number of anilines is 1. The normalized spacial score (nSPS) is 27.3. The largest absolute Gasteiger partial charge is 0.477 e. The van der Waals surface area contributed by atoms with E-state index in [9.17, 15) is 9.59 Å². The van der Waals surface area contributed by atoms with Crippen molar-refractivity contribution >= 4 is 17.7 Å². The van der Waals surface area contributed by atoms with Crippen LogP contribution in [-0.2, 0) is 9.53 Å². The van der Waals surface area contributed by atoms with Gasteiger partial charge in [-0.1, -0.05) is 6.07 Å². The lowest BCUT2D eigenvalue weighted by atomic mass is 9.77. The van der Waals surface area contributed by atoms with E-state index in [1.54, 1.807) is 6.07 Å². The number of aromatic carboxylic acids is 1. The molecule has 1 spiro atoms. The van der Waals surface area contributed by atoms with E-state index in [0.29, 0.717) is 18.4 Å². The molecular weight excluding hydrogens is 334 g/mol. The molecule has 0 saturated carbocycles. The Kier molecular flexibility index (Phi) is 4.56. The number of nitrogens with zero attached hydrogens (tertiary/aromatic N) is 3. The minimum absolute atomic E-state index is 0.0438. The third kappa shape index (κ3) is 3.05. The molecule has 1 N–H and O–H groups in total. The van der Waals surface area contributed by atoms with E-state index < -0.39 is 5.97 Å². The van der Waals surface area contributed by atoms with Crippen LogP contribution in [-0.4, -0.2) is 65.8 Å². The Hall–Kier alpha value is -2.15. The van der Waals surface area contributed by atoms with Gasteiger partial charge in [0.25, 0.3) is 0 Å². The van der Waals surface area contributed by atoms with Crippen molar-refractivity contribution in [1.29, 1.82) is 0 Å². The lowest BCUT2D eigenvalue weighted by molar-refractivity contribution is -0.149. The zero-order chi connectivity index (χ0) is 18.1. The number of carboxylic acids is 1. The van der Waals surface area contributed by atoms with Gasteiger partial charge >= 0.3 is 5.97 Å². The fourth-order valence-electron chi connectivity index (χ4n) is 4.61. The van der Waals surface area contributed by atoms with Crippen molar-refractivity contribution in [2.24, 2.45) is 5.41 Å². The maximum atomic E-state index is 13.3. The van der Waals surface area contributed by atoms with E-state index in [-0.39, 0.29) is 17.0 Å². The van der Waals surface area contributed by atoms with Crippen LogP contribution in [0.1, 0.15) is 42.6 Å². The molecule has 1 aromatic heterocycles. The Morgan fingerprint density at radius 2 is 2.04 bits per heavy atom. The monoisotopic (exact) mass is 359 g/mol. The van der Waals surface area contributed by atoms with Gasteiger partial charge in [0.15, 0.2) is 5.69 Å². The molecule has 7 heteroatoms. The number of carbonyl (C=O) groups excluding carboxylic acids is 1. The lowest BCUT2D eigenvalue weighted by Gasteiger charge is -2.44. The predicted octanol–water partition coefficient (Wildman–Crippen LogP) is 1.78. The molecule has 1 amide bonds. The molecule has 0 bridgehead atoms. The minimum atomic E-state index is -1.03. The molecule has 7 nitrogen and oxygen atoms in total. The molecule has 3 fully saturated rings. The van der Waals surface area contributed by atoms with Crippen molar-refractivity contribution in [3.8, 4) is 0 Å². The zero-order valence-electron chi connectivity index (χ0n) is 14.9. The number of rotatable bonds is 3. The van der Waals surface area contributed by atoms with E-state index in [2.05, 4.69) is 14.8 Å². The third-order valence-electron chi connectivity index (χ3n) is 6.03. The van der Waals surface area contributed by atoms with E-state index in [1.165, 1.54) is 6.07 Å². The SMILES string of the molecule is O=C(O)c1cccc(N2CC[C@@]3(CCCN(C4CCOCC4)C3=O)C2)n1. The van der Waals surface area contributed by atoms with Gasteiger partial charge in [0.05, 0.1) is 5.41 Å². The zero-order valence-corrected chi connectivity index (χ0v) is 14.9. The molecule has 140 valence electrons. The van der Waals surface area contributed by atoms with Gasteiger partial charge in [-0.3, -0.25) is 4.79 Å². The fourth-order valence-corrected chi connectivity index (χ4v) is 4.61. The molecule has 0 unspecified atom stereocenters. The molecule has 4 heterocycles. The predicted molar refractivity (Wildman–Crippen MR) is 95.2 cm³/mol. The number of piperidine rings is 1. The van der Waals surface area contributed by atoms with Crippen LogP contribution < -0.4 is 4.90 Å². The summed E-state index contributed by atoms with van der Waals surface area (Å²) in [6.45, 7) is 3.68. The fraction of sp³-hybridized carbons (Fsp3) is 0.632. The van der Waals surface area contributed by atoms with E-state index >= 15 is 0 Å². The molecule has 0 aliphatic carbocycles. The highest BCUT2D eigenvalue weighted by atomic mass is 16.5. The average molecular weight is 359 g/mol. The Morgan fingerprint density at radius 1 is 1.23 bits per heavy atom. The van der Waals surface area contributed by atoms with Crippen molar-refractivity contribution in [2.45, 2.75) is 38.1 Å². The number of likely N-dealkylation sites (tertiary alicyclic amines) is 1. The van der Waals surface area contributed by atoms with Crippen LogP contribution in [0.3, 0.4) is 0 Å². The van der Waals surface area contributed by atoms with E-state index in [0.717, 1.165) is 58.4 Å². The van der Waals surface area contributed by atoms with Gasteiger partial charge in [0, 0.05) is 38.9 Å². The van der Waals surface area contributed by atoms with Crippen LogP contribution in [0.5, 0.6) is 0 Å². The summed E-state index contributed by atoms with van der Waals surface area (Å²) in [6.07, 6.45) is 4.59. The number of pyridine rings is 1. The van der Waals surface area contributed by atoms with Crippen molar-refractivity contribution < 1.29 is 19.4 Å². The van der Waals surface area contributed by atoms with Crippen molar-refractivity contribution in [1.82, 2.24) is 9.88 Å². The molecule has 26 heavy (non-hydrogen) atoms. The summed E-state index contributed by atoms with van der Waals surface area (Å²) >= 11 is 0. The van der Waals surface area contributed by atoms with Crippen LogP contribution in [0.25, 0.3) is 0 Å². The summed E-state index contributed by atoms with van der Waals surface area (Å²) in [4.78, 5) is 32.9. The first-order valence-corrected chi connectivity index (χ1v) is 9.43. The van der Waals surface area contributed by atoms with Crippen LogP contribution >= 0.6 is 0 Å². The molecular formula is C19H25N3O4. The molecule has 0 aromatic carbocycles. The molecule has 4 rings (SSSR count). The van der Waals surface area contributed by atoms with E-state index in [4.69, 9.17) is 9.84 Å². The first-order chi connectivity index (χ1) is 12.6. The maximum absolute atomic E-state index is 13.3. The highest BCUT2D eigenvalue weighted by Crippen LogP contribution is 2.42. The second-order valence-corrected chi connectivity index (χ2v) is 7.58. The second kappa shape index (κ2) is 6.87. The summed E-state index contributed by atoms with van der Waals surface area (Å²) in [5.74, 6) is -0.106. The van der Waals surface area contributed by atoms with Gasteiger partial charge in [-0.05, 0) is 44.2 Å². The summed E-state index contributed by atoms with van der Waals surface area (Å²) in [6, 6.07) is 5.34. The Labute approximate surface area is 152 Å². The molecule has 1 aromatic rings. The van der Waals surface area contributed by atoms with Gasteiger partial charge in [-0.2, -0.15) is 0 Å². The number of hydrogen-bond donors (Lipinski definition) is 1. The molecule has 1 atom stereocenters. The Morgan fingerprint density at radius 3 is 2.81 bits per heavy atom. The maximum Gasteiger partial charge on any atom is 0.354 e. The van der Waals surface area contributed by atoms with Crippen LogP contribution in [0.15, 0.2) is 18.2 Å². The topological polar surface area (TPSA) is 83.0 Å². The molecule has 3 aliphatic rings. The number of ether oxygens (including phenoxy) is 1. The molecule has 3 aliphatic heterocycles. The van der Waals surface area contributed by atoms with Crippen molar-refractivity contribution in [3.05, 3.63) is 23.9 Å². The van der Waals surface area contributed by atoms with Gasteiger partial charge < -0.3 is 19.6 Å². The smallest absolute Gasteiger partial charge is 0.354 e. The minimum Gasteiger partial charge on any atom is -0.477 e. The van der Waals surface area contributed by atoms with Crippen LogP contribution in [0.2, 0.25) is 0 Å². The summed E-state index contributed by atoms with van der Waals surface area (Å²) < 4.78 is 5.45. The van der Waals surface area contributed by atoms with Gasteiger partial charge in [-0.25, -0.2) is 9.78 Å². The third-order valence-corrected chi connectivity index (χ3v) is 6.03. The number of carbonyl (C=O) groups is 2. The Bertz CT molecular complexity index is 704. The van der Waals surface area contributed by atoms with Crippen LogP contribution in [0.4, 0.5) is 5.82 Å². The van der Waals surface area contributed by atoms with Crippen molar-refractivity contribution in [2.75, 3.05) is 37.7 Å². The highest BCUT2D eigenvalue weighted by Gasteiger charge is 2.50. The van der Waals surface area contributed by atoms with Gasteiger partial charge in [0.1, 0.15) is 5.82 Å². The summed E-state index contributed by atoms with van der Waals surface area (Å²) in [7, 11) is 0. The summed E-state index contributed by atoms with van der Waals surface area (Å²) in [5.41, 5.74) is -0.306. The first kappa shape index (κ1) is 17.3. The average Bonchev–Trinajstić information content (AvgIpc) is 3.10. The summed E-state index contributed by atoms with van der Waals surface area (Å²) in [5, 5.41) is 9.16. The molecule has 0 radical (unpaired) electrons. The van der Waals surface area contributed by atoms with Crippen molar-refractivity contribution in [3.63, 3.8) is 0 Å². The number of aromatic nitrogens is 1. The number of hydrogen-bond acceptors (Lipinski definition) is 5. The second-order valence-electron chi connectivity index (χ2n) is 7.58. The van der Waals surface area contributed by atoms with E-state index in [1.807, 2.05) is 6.07 Å². The number of carboxylic acid groups (broad SMARTS) is 1.